The first-order valence-corrected chi connectivity index (χ1v) is 12.2. The van der Waals surface area contributed by atoms with Crippen molar-refractivity contribution in [2.24, 2.45) is 5.92 Å². The average molecular weight is 361 g/mol. The SMILES string of the molecule is CC(OC(=O)N(C)CC(C[C@H]1CCCOC1)NC(=O)O)[Si](C)(C)C. The Hall–Kier alpha value is -1.28. The number of hydrogen-bond acceptors (Lipinski definition) is 4. The summed E-state index contributed by atoms with van der Waals surface area (Å²) in [5, 5.41) is 11.6. The highest BCUT2D eigenvalue weighted by molar-refractivity contribution is 6.77. The van der Waals surface area contributed by atoms with Gasteiger partial charge in [-0.2, -0.15) is 0 Å². The van der Waals surface area contributed by atoms with E-state index in [0.29, 0.717) is 25.5 Å². The molecule has 1 aliphatic heterocycles. The summed E-state index contributed by atoms with van der Waals surface area (Å²) in [5.41, 5.74) is -0.0925. The molecule has 0 aromatic heterocycles. The molecule has 24 heavy (non-hydrogen) atoms. The Morgan fingerprint density at radius 1 is 1.42 bits per heavy atom. The van der Waals surface area contributed by atoms with E-state index in [9.17, 15) is 9.59 Å². The van der Waals surface area contributed by atoms with Gasteiger partial charge in [-0.1, -0.05) is 19.6 Å². The van der Waals surface area contributed by atoms with Gasteiger partial charge in [0.2, 0.25) is 0 Å². The number of carboxylic acid groups (broad SMARTS) is 1. The van der Waals surface area contributed by atoms with Crippen molar-refractivity contribution in [3.8, 4) is 0 Å². The molecule has 0 aliphatic carbocycles. The highest BCUT2D eigenvalue weighted by atomic mass is 28.3. The highest BCUT2D eigenvalue weighted by Gasteiger charge is 2.29. The van der Waals surface area contributed by atoms with Crippen LogP contribution in [0.4, 0.5) is 9.59 Å². The summed E-state index contributed by atoms with van der Waals surface area (Å²) < 4.78 is 11.0. The van der Waals surface area contributed by atoms with Gasteiger partial charge in [-0.3, -0.25) is 0 Å². The molecule has 1 rings (SSSR count). The van der Waals surface area contributed by atoms with Crippen molar-refractivity contribution in [3.05, 3.63) is 0 Å². The van der Waals surface area contributed by atoms with Crippen LogP contribution in [0.15, 0.2) is 0 Å². The maximum Gasteiger partial charge on any atom is 0.409 e. The second-order valence-corrected chi connectivity index (χ2v) is 13.3. The van der Waals surface area contributed by atoms with Crippen LogP contribution >= 0.6 is 0 Å². The van der Waals surface area contributed by atoms with Crippen molar-refractivity contribution in [2.75, 3.05) is 26.8 Å². The monoisotopic (exact) mass is 360 g/mol. The molecule has 7 nitrogen and oxygen atoms in total. The van der Waals surface area contributed by atoms with Gasteiger partial charge in [0.15, 0.2) is 0 Å². The molecular formula is C16H32N2O5Si. The molecule has 1 aliphatic rings. The predicted molar refractivity (Wildman–Crippen MR) is 95.0 cm³/mol. The third-order valence-electron chi connectivity index (χ3n) is 4.50. The lowest BCUT2D eigenvalue weighted by atomic mass is 9.94. The zero-order chi connectivity index (χ0) is 18.3. The normalized spacial score (nSPS) is 20.8. The zero-order valence-corrected chi connectivity index (χ0v) is 16.5. The number of carbonyl (C=O) groups is 2. The van der Waals surface area contributed by atoms with E-state index in [2.05, 4.69) is 25.0 Å². The Morgan fingerprint density at radius 2 is 2.08 bits per heavy atom. The fraction of sp³-hybridized carbons (Fsp3) is 0.875. The van der Waals surface area contributed by atoms with E-state index in [1.807, 2.05) is 6.92 Å². The molecule has 3 atom stereocenters. The molecule has 0 bridgehead atoms. The van der Waals surface area contributed by atoms with E-state index in [-0.39, 0.29) is 11.8 Å². The number of carbonyl (C=O) groups excluding carboxylic acids is 1. The van der Waals surface area contributed by atoms with Gasteiger partial charge >= 0.3 is 12.2 Å². The van der Waals surface area contributed by atoms with E-state index < -0.39 is 20.3 Å². The minimum atomic E-state index is -1.57. The van der Waals surface area contributed by atoms with Crippen LogP contribution in [0.1, 0.15) is 26.2 Å². The molecule has 8 heteroatoms. The number of nitrogens with one attached hydrogen (secondary N) is 1. The molecule has 140 valence electrons. The largest absolute Gasteiger partial charge is 0.465 e. The number of ether oxygens (including phenoxy) is 2. The van der Waals surface area contributed by atoms with E-state index in [1.54, 1.807) is 7.05 Å². The number of rotatable bonds is 7. The quantitative estimate of drug-likeness (QED) is 0.682. The summed E-state index contributed by atoms with van der Waals surface area (Å²) in [5.74, 6) is 0.320. The van der Waals surface area contributed by atoms with Crippen LogP contribution in [0.2, 0.25) is 19.6 Å². The topological polar surface area (TPSA) is 88.1 Å². The van der Waals surface area contributed by atoms with Crippen molar-refractivity contribution < 1.29 is 24.2 Å². The minimum Gasteiger partial charge on any atom is -0.465 e. The fourth-order valence-corrected chi connectivity index (χ4v) is 3.03. The third kappa shape index (κ3) is 7.52. The van der Waals surface area contributed by atoms with Crippen LogP contribution in [0.25, 0.3) is 0 Å². The maximum atomic E-state index is 12.2. The lowest BCUT2D eigenvalue weighted by Gasteiger charge is -2.31. The fourth-order valence-electron chi connectivity index (χ4n) is 2.57. The van der Waals surface area contributed by atoms with E-state index >= 15 is 0 Å². The third-order valence-corrected chi connectivity index (χ3v) is 7.06. The molecule has 1 fully saturated rings. The summed E-state index contributed by atoms with van der Waals surface area (Å²) >= 11 is 0. The Bertz CT molecular complexity index is 421. The van der Waals surface area contributed by atoms with Crippen LogP contribution in [-0.2, 0) is 9.47 Å². The molecule has 0 aromatic carbocycles. The smallest absolute Gasteiger partial charge is 0.409 e. The average Bonchev–Trinajstić information content (AvgIpc) is 2.46. The first-order valence-electron chi connectivity index (χ1n) is 8.58. The van der Waals surface area contributed by atoms with Gasteiger partial charge in [-0.25, -0.2) is 9.59 Å². The summed E-state index contributed by atoms with van der Waals surface area (Å²) in [7, 11) is 0.0795. The van der Waals surface area contributed by atoms with Crippen LogP contribution in [0.3, 0.4) is 0 Å². The van der Waals surface area contributed by atoms with Gasteiger partial charge in [0.1, 0.15) is 0 Å². The van der Waals surface area contributed by atoms with E-state index in [4.69, 9.17) is 14.6 Å². The second-order valence-electron chi connectivity index (χ2n) is 7.74. The first kappa shape index (κ1) is 20.8. The first-order chi connectivity index (χ1) is 11.1. The number of likely N-dealkylation sites (N-methyl/N-ethyl adjacent to an activating group) is 1. The maximum absolute atomic E-state index is 12.2. The summed E-state index contributed by atoms with van der Waals surface area (Å²) in [4.78, 5) is 24.7. The molecule has 2 N–H and O–H groups in total. The minimum absolute atomic E-state index is 0.0925. The zero-order valence-electron chi connectivity index (χ0n) is 15.5. The lowest BCUT2D eigenvalue weighted by molar-refractivity contribution is 0.0449. The van der Waals surface area contributed by atoms with Crippen molar-refractivity contribution in [1.82, 2.24) is 10.2 Å². The van der Waals surface area contributed by atoms with Gasteiger partial charge in [0, 0.05) is 26.8 Å². The van der Waals surface area contributed by atoms with Gasteiger partial charge in [-0.15, -0.1) is 0 Å². The Kier molecular flexibility index (Phi) is 8.01. The van der Waals surface area contributed by atoms with Crippen molar-refractivity contribution in [1.29, 1.82) is 0 Å². The molecule has 0 radical (unpaired) electrons. The number of hydrogen-bond donors (Lipinski definition) is 2. The van der Waals surface area contributed by atoms with Crippen LogP contribution in [0, 0.1) is 5.92 Å². The van der Waals surface area contributed by atoms with Crippen molar-refractivity contribution in [3.63, 3.8) is 0 Å². The molecule has 0 spiro atoms. The lowest BCUT2D eigenvalue weighted by Crippen LogP contribution is -2.47. The highest BCUT2D eigenvalue weighted by Crippen LogP contribution is 2.19. The molecule has 0 saturated carbocycles. The number of nitrogens with zero attached hydrogens (tertiary/aromatic N) is 1. The standard InChI is InChI=1S/C16H32N2O5Si/c1-12(24(3,4)5)23-16(21)18(2)10-14(17-15(19)20)9-13-7-6-8-22-11-13/h12-14,17H,6-11H2,1-5H3,(H,19,20)/t12?,13-,14?/m1/s1. The molecule has 1 saturated heterocycles. The summed E-state index contributed by atoms with van der Waals surface area (Å²) in [6, 6.07) is -0.325. The molecular weight excluding hydrogens is 328 g/mol. The molecule has 2 amide bonds. The molecule has 2 unspecified atom stereocenters. The van der Waals surface area contributed by atoms with Crippen LogP contribution < -0.4 is 5.32 Å². The van der Waals surface area contributed by atoms with Crippen LogP contribution in [-0.4, -0.2) is 68.8 Å². The van der Waals surface area contributed by atoms with Crippen LogP contribution in [0.5, 0.6) is 0 Å². The molecule has 1 heterocycles. The Balaban J connectivity index is 2.57. The molecule has 0 aromatic rings. The Labute approximate surface area is 145 Å². The van der Waals surface area contributed by atoms with Gasteiger partial charge in [0.05, 0.1) is 19.8 Å². The number of amides is 2. The van der Waals surface area contributed by atoms with Crippen molar-refractivity contribution >= 4 is 20.3 Å². The van der Waals surface area contributed by atoms with Gasteiger partial charge in [0.25, 0.3) is 0 Å². The van der Waals surface area contributed by atoms with Gasteiger partial charge < -0.3 is 24.8 Å². The summed E-state index contributed by atoms with van der Waals surface area (Å²) in [6.45, 7) is 10.1. The predicted octanol–water partition coefficient (Wildman–Crippen LogP) is 2.77. The van der Waals surface area contributed by atoms with Gasteiger partial charge in [-0.05, 0) is 32.1 Å². The summed E-state index contributed by atoms with van der Waals surface area (Å²) in [6.07, 6.45) is 1.21. The Morgan fingerprint density at radius 3 is 2.58 bits per heavy atom. The van der Waals surface area contributed by atoms with Crippen molar-refractivity contribution in [2.45, 2.75) is 57.6 Å². The van der Waals surface area contributed by atoms with E-state index in [0.717, 1.165) is 19.4 Å². The second kappa shape index (κ2) is 9.27. The van der Waals surface area contributed by atoms with E-state index in [1.165, 1.54) is 4.90 Å².